The van der Waals surface area contributed by atoms with E-state index in [9.17, 15) is 4.79 Å². The van der Waals surface area contributed by atoms with E-state index in [0.717, 1.165) is 15.8 Å². The summed E-state index contributed by atoms with van der Waals surface area (Å²) in [4.78, 5) is 24.4. The Kier molecular flexibility index (Phi) is 3.77. The highest BCUT2D eigenvalue weighted by Gasteiger charge is 2.27. The van der Waals surface area contributed by atoms with E-state index in [-0.39, 0.29) is 12.0 Å². The van der Waals surface area contributed by atoms with E-state index in [1.807, 2.05) is 22.4 Å². The minimum absolute atomic E-state index is 0.00950. The molecule has 1 aliphatic rings. The second-order valence-electron chi connectivity index (χ2n) is 5.38. The minimum atomic E-state index is -0.0427. The standard InChI is InChI=1S/C17H15N3O2S/c21-17(12-3-6-19-14-4-5-18-10-13(12)14)20-7-8-22-15(11-20)16-2-1-9-23-16/h1-6,9-10,15H,7-8,11H2/t15-/m1/s1. The molecule has 3 aromatic heterocycles. The SMILES string of the molecule is O=C(c1ccnc2ccncc12)N1CCO[C@@H](c2cccs2)C1. The van der Waals surface area contributed by atoms with Crippen LogP contribution < -0.4 is 0 Å². The van der Waals surface area contributed by atoms with Gasteiger partial charge in [0.2, 0.25) is 0 Å². The molecule has 0 radical (unpaired) electrons. The normalized spacial score (nSPS) is 18.3. The molecular weight excluding hydrogens is 310 g/mol. The van der Waals surface area contributed by atoms with Crippen molar-refractivity contribution >= 4 is 28.1 Å². The first kappa shape index (κ1) is 14.3. The van der Waals surface area contributed by atoms with Crippen LogP contribution >= 0.6 is 11.3 Å². The molecule has 0 unspecified atom stereocenters. The molecule has 0 bridgehead atoms. The predicted molar refractivity (Wildman–Crippen MR) is 88.5 cm³/mol. The van der Waals surface area contributed by atoms with Crippen molar-refractivity contribution in [3.05, 3.63) is 58.7 Å². The Morgan fingerprint density at radius 2 is 2.26 bits per heavy atom. The Bertz CT molecular complexity index is 829. The number of morpholine rings is 1. The van der Waals surface area contributed by atoms with Crippen molar-refractivity contribution in [2.24, 2.45) is 0 Å². The number of aromatic nitrogens is 2. The van der Waals surface area contributed by atoms with Crippen molar-refractivity contribution < 1.29 is 9.53 Å². The van der Waals surface area contributed by atoms with E-state index in [2.05, 4.69) is 16.0 Å². The lowest BCUT2D eigenvalue weighted by molar-refractivity contribution is -0.0211. The van der Waals surface area contributed by atoms with Crippen LogP contribution in [0.4, 0.5) is 0 Å². The van der Waals surface area contributed by atoms with Gasteiger partial charge in [0.05, 0.1) is 24.2 Å². The lowest BCUT2D eigenvalue weighted by Gasteiger charge is -2.32. The fourth-order valence-corrected chi connectivity index (χ4v) is 3.59. The second-order valence-corrected chi connectivity index (χ2v) is 6.36. The van der Waals surface area contributed by atoms with Gasteiger partial charge in [0.25, 0.3) is 5.91 Å². The highest BCUT2D eigenvalue weighted by Crippen LogP contribution is 2.27. The number of nitrogens with zero attached hydrogens (tertiary/aromatic N) is 3. The summed E-state index contributed by atoms with van der Waals surface area (Å²) < 4.78 is 5.82. The number of hydrogen-bond donors (Lipinski definition) is 0. The molecule has 23 heavy (non-hydrogen) atoms. The van der Waals surface area contributed by atoms with Crippen LogP contribution in [-0.2, 0) is 4.74 Å². The van der Waals surface area contributed by atoms with Gasteiger partial charge in [-0.3, -0.25) is 14.8 Å². The molecule has 1 aliphatic heterocycles. The smallest absolute Gasteiger partial charge is 0.254 e. The van der Waals surface area contributed by atoms with E-state index in [4.69, 9.17) is 4.74 Å². The summed E-state index contributed by atoms with van der Waals surface area (Å²) in [5.41, 5.74) is 1.43. The molecular formula is C17H15N3O2S. The van der Waals surface area contributed by atoms with E-state index in [1.165, 1.54) is 0 Å². The number of hydrogen-bond acceptors (Lipinski definition) is 5. The van der Waals surface area contributed by atoms with E-state index < -0.39 is 0 Å². The van der Waals surface area contributed by atoms with Crippen LogP contribution in [0.5, 0.6) is 0 Å². The van der Waals surface area contributed by atoms with Crippen molar-refractivity contribution in [1.82, 2.24) is 14.9 Å². The average Bonchev–Trinajstić information content (AvgIpc) is 3.15. The molecule has 0 saturated carbocycles. The van der Waals surface area contributed by atoms with Crippen LogP contribution in [0, 0.1) is 0 Å². The summed E-state index contributed by atoms with van der Waals surface area (Å²) >= 11 is 1.66. The Balaban J connectivity index is 1.63. The molecule has 4 heterocycles. The number of carbonyl (C=O) groups excluding carboxylic acids is 1. The van der Waals surface area contributed by atoms with Crippen molar-refractivity contribution in [3.8, 4) is 0 Å². The summed E-state index contributed by atoms with van der Waals surface area (Å²) in [5, 5.41) is 2.82. The predicted octanol–water partition coefficient (Wildman–Crippen LogP) is 2.91. The maximum Gasteiger partial charge on any atom is 0.254 e. The van der Waals surface area contributed by atoms with Crippen LogP contribution in [-0.4, -0.2) is 40.5 Å². The number of thiophene rings is 1. The number of carbonyl (C=O) groups is 1. The number of fused-ring (bicyclic) bond motifs is 1. The Morgan fingerprint density at radius 1 is 1.30 bits per heavy atom. The molecule has 5 nitrogen and oxygen atoms in total. The third-order valence-corrected chi connectivity index (χ3v) is 4.95. The van der Waals surface area contributed by atoms with Crippen LogP contribution in [0.2, 0.25) is 0 Å². The summed E-state index contributed by atoms with van der Waals surface area (Å²) in [5.74, 6) is 0.00950. The maximum atomic E-state index is 12.9. The number of pyridine rings is 2. The molecule has 1 saturated heterocycles. The van der Waals surface area contributed by atoms with E-state index in [0.29, 0.717) is 25.3 Å². The largest absolute Gasteiger partial charge is 0.369 e. The van der Waals surface area contributed by atoms with Crippen LogP contribution in [0.25, 0.3) is 10.9 Å². The Labute approximate surface area is 137 Å². The zero-order valence-electron chi connectivity index (χ0n) is 12.4. The first-order chi connectivity index (χ1) is 11.3. The van der Waals surface area contributed by atoms with E-state index >= 15 is 0 Å². The Hall–Kier alpha value is -2.31. The quantitative estimate of drug-likeness (QED) is 0.727. The van der Waals surface area contributed by atoms with Gasteiger partial charge in [0.1, 0.15) is 6.10 Å². The molecule has 116 valence electrons. The lowest BCUT2D eigenvalue weighted by Crippen LogP contribution is -2.42. The summed E-state index contributed by atoms with van der Waals surface area (Å²) in [6, 6.07) is 7.64. The molecule has 1 amide bonds. The van der Waals surface area contributed by atoms with Gasteiger partial charge in [0.15, 0.2) is 0 Å². The molecule has 0 aromatic carbocycles. The third kappa shape index (κ3) is 2.71. The van der Waals surface area contributed by atoms with Crippen molar-refractivity contribution in [2.75, 3.05) is 19.7 Å². The minimum Gasteiger partial charge on any atom is -0.369 e. The van der Waals surface area contributed by atoms with Gasteiger partial charge in [0, 0.05) is 35.4 Å². The highest BCUT2D eigenvalue weighted by molar-refractivity contribution is 7.10. The maximum absolute atomic E-state index is 12.9. The Morgan fingerprint density at radius 3 is 3.13 bits per heavy atom. The topological polar surface area (TPSA) is 55.3 Å². The first-order valence-corrected chi connectivity index (χ1v) is 8.34. The van der Waals surface area contributed by atoms with Crippen LogP contribution in [0.15, 0.2) is 48.2 Å². The summed E-state index contributed by atoms with van der Waals surface area (Å²) in [7, 11) is 0. The molecule has 1 atom stereocenters. The van der Waals surface area contributed by atoms with Crippen LogP contribution in [0.1, 0.15) is 21.3 Å². The molecule has 1 fully saturated rings. The van der Waals surface area contributed by atoms with Crippen LogP contribution in [0.3, 0.4) is 0 Å². The molecule has 4 rings (SSSR count). The molecule has 3 aromatic rings. The van der Waals surface area contributed by atoms with Gasteiger partial charge in [-0.2, -0.15) is 0 Å². The van der Waals surface area contributed by atoms with E-state index in [1.54, 1.807) is 36.0 Å². The van der Waals surface area contributed by atoms with Crippen molar-refractivity contribution in [3.63, 3.8) is 0 Å². The number of rotatable bonds is 2. The molecule has 6 heteroatoms. The first-order valence-electron chi connectivity index (χ1n) is 7.46. The monoisotopic (exact) mass is 325 g/mol. The second kappa shape index (κ2) is 6.06. The molecule has 0 N–H and O–H groups in total. The number of amides is 1. The van der Waals surface area contributed by atoms with Gasteiger partial charge in [-0.05, 0) is 23.6 Å². The fraction of sp³-hybridized carbons (Fsp3) is 0.235. The average molecular weight is 325 g/mol. The number of ether oxygens (including phenoxy) is 1. The zero-order chi connectivity index (χ0) is 15.6. The molecule has 0 spiro atoms. The van der Waals surface area contributed by atoms with Gasteiger partial charge in [-0.15, -0.1) is 11.3 Å². The van der Waals surface area contributed by atoms with Gasteiger partial charge in [-0.25, -0.2) is 0 Å². The van der Waals surface area contributed by atoms with Gasteiger partial charge in [-0.1, -0.05) is 6.07 Å². The summed E-state index contributed by atoms with van der Waals surface area (Å²) in [6.07, 6.45) is 5.02. The fourth-order valence-electron chi connectivity index (χ4n) is 2.83. The summed E-state index contributed by atoms with van der Waals surface area (Å²) in [6.45, 7) is 1.73. The van der Waals surface area contributed by atoms with Crippen molar-refractivity contribution in [2.45, 2.75) is 6.10 Å². The van der Waals surface area contributed by atoms with Gasteiger partial charge < -0.3 is 9.64 Å². The van der Waals surface area contributed by atoms with Gasteiger partial charge >= 0.3 is 0 Å². The third-order valence-electron chi connectivity index (χ3n) is 3.99. The highest BCUT2D eigenvalue weighted by atomic mass is 32.1. The lowest BCUT2D eigenvalue weighted by atomic mass is 10.1. The molecule has 0 aliphatic carbocycles. The van der Waals surface area contributed by atoms with Crippen molar-refractivity contribution in [1.29, 1.82) is 0 Å². The zero-order valence-corrected chi connectivity index (χ0v) is 13.2.